The van der Waals surface area contributed by atoms with Crippen molar-refractivity contribution in [1.29, 1.82) is 5.26 Å². The van der Waals surface area contributed by atoms with Crippen molar-refractivity contribution >= 4 is 5.82 Å². The predicted molar refractivity (Wildman–Crippen MR) is 127 cm³/mol. The Morgan fingerprint density at radius 2 is 1.36 bits per heavy atom. The Morgan fingerprint density at radius 1 is 0.889 bits per heavy atom. The highest BCUT2D eigenvalue weighted by molar-refractivity contribution is 5.38. The number of methoxy groups -OCH3 is 2. The third-order valence-corrected chi connectivity index (χ3v) is 6.43. The monoisotopic (exact) mass is 492 g/mol. The first-order valence-corrected chi connectivity index (χ1v) is 10.7. The highest BCUT2D eigenvalue weighted by Gasteiger charge is 2.45. The molecule has 0 bridgehead atoms. The summed E-state index contributed by atoms with van der Waals surface area (Å²) in [7, 11) is 2.97. The van der Waals surface area contributed by atoms with Gasteiger partial charge in [0.1, 0.15) is 11.8 Å². The standard InChI is InChI=1S/C22H24N10O4/c1-21(2,31-19(35-6)10-15(27-31)29-17(33)8-13(12-23)25-29)22(3,4)32-20(36-7)11-16(28-32)30-18(34)9-14(24-5)26-30/h8-11,25-26H,1-4,6-7H3. The molecule has 186 valence electrons. The number of hydrogen-bond donors (Lipinski definition) is 2. The normalized spacial score (nSPS) is 11.8. The molecule has 4 aromatic heterocycles. The van der Waals surface area contributed by atoms with Gasteiger partial charge in [-0.2, -0.15) is 9.94 Å². The fraction of sp³-hybridized carbons (Fsp3) is 0.364. The highest BCUT2D eigenvalue weighted by atomic mass is 16.5. The Bertz CT molecular complexity index is 1520. The zero-order valence-electron chi connectivity index (χ0n) is 20.5. The highest BCUT2D eigenvalue weighted by Crippen LogP contribution is 2.40. The van der Waals surface area contributed by atoms with E-state index in [0.717, 1.165) is 9.36 Å². The maximum Gasteiger partial charge on any atom is 0.277 e. The Morgan fingerprint density at radius 3 is 1.75 bits per heavy atom. The van der Waals surface area contributed by atoms with E-state index in [9.17, 15) is 9.59 Å². The lowest BCUT2D eigenvalue weighted by Crippen LogP contribution is -2.50. The number of nitrogens with zero attached hydrogens (tertiary/aromatic N) is 8. The third-order valence-electron chi connectivity index (χ3n) is 6.43. The third kappa shape index (κ3) is 3.56. The molecule has 2 N–H and O–H groups in total. The number of H-pyrrole nitrogens is 2. The lowest BCUT2D eigenvalue weighted by molar-refractivity contribution is 0.0795. The van der Waals surface area contributed by atoms with Gasteiger partial charge in [-0.3, -0.25) is 14.7 Å². The molecule has 4 aromatic rings. The second-order valence-electron chi connectivity index (χ2n) is 8.91. The molecular formula is C22H24N10O4. The van der Waals surface area contributed by atoms with E-state index < -0.39 is 22.2 Å². The van der Waals surface area contributed by atoms with Crippen LogP contribution in [0.3, 0.4) is 0 Å². The van der Waals surface area contributed by atoms with E-state index in [-0.39, 0.29) is 23.1 Å². The van der Waals surface area contributed by atoms with Crippen molar-refractivity contribution in [1.82, 2.24) is 39.1 Å². The lowest BCUT2D eigenvalue weighted by Gasteiger charge is -2.42. The molecule has 14 heteroatoms. The molecule has 0 saturated heterocycles. The van der Waals surface area contributed by atoms with Crippen LogP contribution in [0.25, 0.3) is 16.5 Å². The molecule has 0 aliphatic rings. The van der Waals surface area contributed by atoms with Crippen LogP contribution >= 0.6 is 0 Å². The van der Waals surface area contributed by atoms with Crippen LogP contribution < -0.4 is 20.6 Å². The van der Waals surface area contributed by atoms with Crippen LogP contribution in [0.15, 0.2) is 33.9 Å². The molecule has 0 radical (unpaired) electrons. The predicted octanol–water partition coefficient (Wildman–Crippen LogP) is 1.65. The molecule has 0 spiro atoms. The molecular weight excluding hydrogens is 468 g/mol. The van der Waals surface area contributed by atoms with Gasteiger partial charge < -0.3 is 14.3 Å². The SMILES string of the molecule is [C-]#[N+]c1cc(=O)n(-c2cc(OC)n(C(C)(C)C(C)(C)n3nc(-n4[nH]c(C#N)cc4=O)cc3OC)n2)[nH]1. The van der Waals surface area contributed by atoms with Gasteiger partial charge in [-0.25, -0.2) is 14.5 Å². The average molecular weight is 493 g/mol. The van der Waals surface area contributed by atoms with E-state index in [0.29, 0.717) is 11.8 Å². The summed E-state index contributed by atoms with van der Waals surface area (Å²) in [4.78, 5) is 28.0. The minimum Gasteiger partial charge on any atom is -0.481 e. The van der Waals surface area contributed by atoms with Gasteiger partial charge in [0.25, 0.3) is 16.9 Å². The lowest BCUT2D eigenvalue weighted by atomic mass is 9.82. The van der Waals surface area contributed by atoms with E-state index in [2.05, 4.69) is 25.2 Å². The van der Waals surface area contributed by atoms with Gasteiger partial charge >= 0.3 is 0 Å². The first-order valence-electron chi connectivity index (χ1n) is 10.7. The van der Waals surface area contributed by atoms with Gasteiger partial charge in [0.2, 0.25) is 11.8 Å². The van der Waals surface area contributed by atoms with Crippen molar-refractivity contribution in [2.24, 2.45) is 0 Å². The van der Waals surface area contributed by atoms with Crippen LogP contribution in [0.4, 0.5) is 5.82 Å². The molecule has 36 heavy (non-hydrogen) atoms. The fourth-order valence-corrected chi connectivity index (χ4v) is 3.77. The first-order chi connectivity index (χ1) is 17.0. The molecule has 4 rings (SSSR count). The van der Waals surface area contributed by atoms with Gasteiger partial charge in [-0.1, -0.05) is 6.57 Å². The quantitative estimate of drug-likeness (QED) is 0.371. The maximum atomic E-state index is 12.4. The van der Waals surface area contributed by atoms with Gasteiger partial charge in [-0.15, -0.1) is 14.9 Å². The number of hydrogen-bond acceptors (Lipinski definition) is 7. The number of rotatable bonds is 7. The summed E-state index contributed by atoms with van der Waals surface area (Å²) >= 11 is 0. The first kappa shape index (κ1) is 24.2. The van der Waals surface area contributed by atoms with Crippen LogP contribution in [0.2, 0.25) is 0 Å². The number of aromatic nitrogens is 8. The van der Waals surface area contributed by atoms with E-state index in [4.69, 9.17) is 21.3 Å². The van der Waals surface area contributed by atoms with Crippen LogP contribution in [0.5, 0.6) is 11.8 Å². The molecule has 0 fully saturated rings. The van der Waals surface area contributed by atoms with Crippen molar-refractivity contribution in [3.05, 3.63) is 62.1 Å². The van der Waals surface area contributed by atoms with Gasteiger partial charge in [0.15, 0.2) is 11.6 Å². The summed E-state index contributed by atoms with van der Waals surface area (Å²) in [6, 6.07) is 7.42. The average Bonchev–Trinajstić information content (AvgIpc) is 3.62. The Balaban J connectivity index is 1.84. The van der Waals surface area contributed by atoms with Crippen molar-refractivity contribution in [3.63, 3.8) is 0 Å². The van der Waals surface area contributed by atoms with Crippen LogP contribution in [0, 0.1) is 17.9 Å². The molecule has 0 aromatic carbocycles. The summed E-state index contributed by atoms with van der Waals surface area (Å²) in [6.45, 7) is 14.8. The largest absolute Gasteiger partial charge is 0.481 e. The number of aromatic amines is 2. The minimum atomic E-state index is -0.857. The molecule has 0 atom stereocenters. The van der Waals surface area contributed by atoms with Gasteiger partial charge in [0.05, 0.1) is 25.3 Å². The van der Waals surface area contributed by atoms with Crippen LogP contribution in [-0.2, 0) is 11.1 Å². The Labute approximate surface area is 204 Å². The minimum absolute atomic E-state index is 0.0843. The smallest absolute Gasteiger partial charge is 0.277 e. The summed E-state index contributed by atoms with van der Waals surface area (Å²) in [5.41, 5.74) is -2.49. The molecule has 0 amide bonds. The van der Waals surface area contributed by atoms with E-state index >= 15 is 0 Å². The topological polar surface area (TPSA) is 158 Å². The zero-order valence-corrected chi connectivity index (χ0v) is 20.5. The molecule has 0 aliphatic carbocycles. The van der Waals surface area contributed by atoms with Crippen LogP contribution in [-0.4, -0.2) is 53.3 Å². The Hall–Kier alpha value is -4.98. The van der Waals surface area contributed by atoms with E-state index in [1.165, 1.54) is 26.4 Å². The molecule has 0 saturated carbocycles. The van der Waals surface area contributed by atoms with Crippen molar-refractivity contribution in [2.75, 3.05) is 14.2 Å². The Kier molecular flexibility index (Phi) is 5.60. The summed E-state index contributed by atoms with van der Waals surface area (Å²) < 4.78 is 16.7. The molecule has 0 aliphatic heterocycles. The molecule has 4 heterocycles. The molecule has 14 nitrogen and oxygen atoms in total. The zero-order chi connectivity index (χ0) is 26.4. The van der Waals surface area contributed by atoms with Crippen molar-refractivity contribution in [3.8, 4) is 29.5 Å². The van der Waals surface area contributed by atoms with E-state index in [1.807, 2.05) is 33.8 Å². The fourth-order valence-electron chi connectivity index (χ4n) is 3.77. The number of nitriles is 1. The van der Waals surface area contributed by atoms with Crippen LogP contribution in [0.1, 0.15) is 33.4 Å². The second-order valence-corrected chi connectivity index (χ2v) is 8.91. The van der Waals surface area contributed by atoms with E-state index in [1.54, 1.807) is 21.5 Å². The summed E-state index contributed by atoms with van der Waals surface area (Å²) in [6.07, 6.45) is 0. The van der Waals surface area contributed by atoms with Crippen molar-refractivity contribution < 1.29 is 9.47 Å². The second kappa shape index (κ2) is 8.35. The van der Waals surface area contributed by atoms with Gasteiger partial charge in [0, 0.05) is 24.3 Å². The van der Waals surface area contributed by atoms with Crippen molar-refractivity contribution in [2.45, 2.75) is 38.8 Å². The number of nitrogens with one attached hydrogen (secondary N) is 2. The maximum absolute atomic E-state index is 12.4. The molecule has 0 unspecified atom stereocenters. The van der Waals surface area contributed by atoms with Gasteiger partial charge in [-0.05, 0) is 27.7 Å². The number of ether oxygens (including phenoxy) is 2. The summed E-state index contributed by atoms with van der Waals surface area (Å²) in [5.74, 6) is 1.28. The summed E-state index contributed by atoms with van der Waals surface area (Å²) in [5, 5.41) is 23.7.